The minimum atomic E-state index is -4.51. The molecule has 1 rings (SSSR count). The van der Waals surface area contributed by atoms with Gasteiger partial charge in [-0.3, -0.25) is 4.79 Å². The molecule has 0 bridgehead atoms. The van der Waals surface area contributed by atoms with Crippen LogP contribution >= 0.6 is 33.9 Å². The van der Waals surface area contributed by atoms with Crippen LogP contribution in [0.25, 0.3) is 0 Å². The van der Waals surface area contributed by atoms with Gasteiger partial charge in [0.05, 0.1) is 4.55 Å². The number of rotatable bonds is 1. The van der Waals surface area contributed by atoms with Crippen molar-refractivity contribution >= 4 is 33.9 Å². The largest absolute Gasteiger partial charge is 0.445 e. The van der Waals surface area contributed by atoms with E-state index in [1.807, 2.05) is 0 Å². The van der Waals surface area contributed by atoms with Crippen LogP contribution in [0.3, 0.4) is 0 Å². The van der Waals surface area contributed by atoms with E-state index >= 15 is 0 Å². The zero-order valence-electron chi connectivity index (χ0n) is 5.43. The van der Waals surface area contributed by atoms with Crippen LogP contribution in [0.2, 0.25) is 0 Å². The van der Waals surface area contributed by atoms with Gasteiger partial charge in [-0.2, -0.15) is 18.3 Å². The molecule has 3 nitrogen and oxygen atoms in total. The van der Waals surface area contributed by atoms with E-state index in [0.717, 1.165) is 4.68 Å². The molecule has 68 valence electrons. The van der Waals surface area contributed by atoms with Crippen molar-refractivity contribution < 1.29 is 13.2 Å². The first-order valence-corrected chi connectivity index (χ1v) is 5.00. The standard InChI is InChI=1S/C4H2F3IN2OS/c5-4(6,7)2-9-10(1-8)3(11)12-2/h1H2. The Morgan fingerprint density at radius 1 is 1.58 bits per heavy atom. The molecule has 0 aliphatic rings. The van der Waals surface area contributed by atoms with E-state index in [2.05, 4.69) is 5.10 Å². The average Bonchev–Trinajstić information content (AvgIpc) is 2.29. The molecule has 0 spiro atoms. The van der Waals surface area contributed by atoms with E-state index in [0.29, 0.717) is 0 Å². The quantitative estimate of drug-likeness (QED) is 0.585. The number of hydrogen-bond donors (Lipinski definition) is 0. The van der Waals surface area contributed by atoms with Crippen LogP contribution in [0.4, 0.5) is 13.2 Å². The van der Waals surface area contributed by atoms with Gasteiger partial charge in [-0.25, -0.2) is 4.68 Å². The van der Waals surface area contributed by atoms with Gasteiger partial charge in [0.1, 0.15) is 0 Å². The van der Waals surface area contributed by atoms with Gasteiger partial charge >= 0.3 is 11.0 Å². The second-order valence-electron chi connectivity index (χ2n) is 1.79. The van der Waals surface area contributed by atoms with Gasteiger partial charge in [0.25, 0.3) is 0 Å². The Kier molecular flexibility index (Phi) is 2.76. The number of halogens is 4. The van der Waals surface area contributed by atoms with E-state index in [1.165, 1.54) is 0 Å². The molecule has 0 atom stereocenters. The van der Waals surface area contributed by atoms with Crippen LogP contribution in [-0.2, 0) is 10.7 Å². The van der Waals surface area contributed by atoms with E-state index < -0.39 is 16.1 Å². The molecule has 0 amide bonds. The molecule has 12 heavy (non-hydrogen) atoms. The van der Waals surface area contributed by atoms with Crippen LogP contribution in [-0.4, -0.2) is 9.78 Å². The summed E-state index contributed by atoms with van der Waals surface area (Å²) in [6.07, 6.45) is -4.51. The lowest BCUT2D eigenvalue weighted by Gasteiger charge is -1.97. The minimum Gasteiger partial charge on any atom is -0.255 e. The first-order valence-electron chi connectivity index (χ1n) is 2.66. The van der Waals surface area contributed by atoms with Crippen LogP contribution in [0, 0.1) is 0 Å². The smallest absolute Gasteiger partial charge is 0.255 e. The highest BCUT2D eigenvalue weighted by molar-refractivity contribution is 14.1. The average molecular weight is 310 g/mol. The normalized spacial score (nSPS) is 12.0. The zero-order valence-corrected chi connectivity index (χ0v) is 8.40. The van der Waals surface area contributed by atoms with E-state index in [1.54, 1.807) is 22.6 Å². The summed E-state index contributed by atoms with van der Waals surface area (Å²) in [5, 5.41) is 2.00. The van der Waals surface area contributed by atoms with E-state index in [4.69, 9.17) is 0 Å². The minimum absolute atomic E-state index is 0.112. The van der Waals surface area contributed by atoms with Crippen molar-refractivity contribution in [2.45, 2.75) is 10.7 Å². The number of aromatic nitrogens is 2. The van der Waals surface area contributed by atoms with Crippen LogP contribution < -0.4 is 4.87 Å². The van der Waals surface area contributed by atoms with Crippen molar-refractivity contribution in [3.8, 4) is 0 Å². The maximum atomic E-state index is 11.9. The lowest BCUT2D eigenvalue weighted by atomic mass is 10.7. The Bertz CT molecular complexity index is 330. The molecule has 0 radical (unpaired) electrons. The molecule has 0 aromatic carbocycles. The van der Waals surface area contributed by atoms with Crippen molar-refractivity contribution in [3.05, 3.63) is 14.7 Å². The molecule has 0 unspecified atom stereocenters. The monoisotopic (exact) mass is 310 g/mol. The highest BCUT2D eigenvalue weighted by atomic mass is 127. The summed E-state index contributed by atoms with van der Waals surface area (Å²) < 4.78 is 36.6. The Morgan fingerprint density at radius 2 is 2.17 bits per heavy atom. The van der Waals surface area contributed by atoms with E-state index in [-0.39, 0.29) is 15.9 Å². The fraction of sp³-hybridized carbons (Fsp3) is 0.500. The fourth-order valence-corrected chi connectivity index (χ4v) is 1.82. The third kappa shape index (κ3) is 1.97. The molecule has 1 aromatic heterocycles. The number of alkyl halides is 4. The first kappa shape index (κ1) is 9.96. The van der Waals surface area contributed by atoms with Crippen molar-refractivity contribution in [2.75, 3.05) is 0 Å². The predicted octanol–water partition coefficient (Wildman–Crippen LogP) is 1.72. The van der Waals surface area contributed by atoms with E-state index in [9.17, 15) is 18.0 Å². The molecule has 0 N–H and O–H groups in total. The van der Waals surface area contributed by atoms with Gasteiger partial charge in [0.2, 0.25) is 5.01 Å². The SMILES string of the molecule is O=c1sc(C(F)(F)F)nn1CI. The van der Waals surface area contributed by atoms with Crippen molar-refractivity contribution in [1.82, 2.24) is 9.78 Å². The highest BCUT2D eigenvalue weighted by Gasteiger charge is 2.35. The molecule has 8 heteroatoms. The second kappa shape index (κ2) is 3.32. The van der Waals surface area contributed by atoms with Gasteiger partial charge in [-0.05, 0) is 11.3 Å². The topological polar surface area (TPSA) is 34.9 Å². The zero-order chi connectivity index (χ0) is 9.35. The summed E-state index contributed by atoms with van der Waals surface area (Å²) in [4.78, 5) is 10.0. The Labute approximate surface area is 82.3 Å². The summed E-state index contributed by atoms with van der Waals surface area (Å²) in [5.74, 6) is 0. The van der Waals surface area contributed by atoms with Crippen LogP contribution in [0.1, 0.15) is 5.01 Å². The van der Waals surface area contributed by atoms with Crippen molar-refractivity contribution in [1.29, 1.82) is 0 Å². The molecular weight excluding hydrogens is 308 g/mol. The van der Waals surface area contributed by atoms with Crippen molar-refractivity contribution in [3.63, 3.8) is 0 Å². The third-order valence-corrected chi connectivity index (χ3v) is 2.50. The maximum absolute atomic E-state index is 11.9. The molecule has 1 heterocycles. The number of nitrogens with zero attached hydrogens (tertiary/aromatic N) is 2. The lowest BCUT2D eigenvalue weighted by molar-refractivity contribution is -0.138. The van der Waals surface area contributed by atoms with Gasteiger partial charge in [0.15, 0.2) is 0 Å². The molecule has 0 aliphatic heterocycles. The maximum Gasteiger partial charge on any atom is 0.445 e. The fourth-order valence-electron chi connectivity index (χ4n) is 0.496. The molecule has 1 aromatic rings. The van der Waals surface area contributed by atoms with Gasteiger partial charge in [-0.1, -0.05) is 22.6 Å². The molecule has 0 saturated heterocycles. The first-order chi connectivity index (χ1) is 5.45. The van der Waals surface area contributed by atoms with Crippen molar-refractivity contribution in [2.24, 2.45) is 0 Å². The third-order valence-electron chi connectivity index (χ3n) is 0.962. The molecular formula is C4H2F3IN2OS. The molecule has 0 aliphatic carbocycles. The summed E-state index contributed by atoms with van der Waals surface area (Å²) in [6.45, 7) is 0. The Hall–Kier alpha value is -0.120. The predicted molar refractivity (Wildman–Crippen MR) is 45.4 cm³/mol. The Morgan fingerprint density at radius 3 is 2.42 bits per heavy atom. The summed E-state index contributed by atoms with van der Waals surface area (Å²) in [7, 11) is 0. The summed E-state index contributed by atoms with van der Waals surface area (Å²) in [5.41, 5.74) is 0. The molecule has 0 saturated carbocycles. The van der Waals surface area contributed by atoms with Gasteiger partial charge < -0.3 is 0 Å². The van der Waals surface area contributed by atoms with Crippen LogP contribution in [0.5, 0.6) is 0 Å². The highest BCUT2D eigenvalue weighted by Crippen LogP contribution is 2.28. The lowest BCUT2D eigenvalue weighted by Crippen LogP contribution is -2.12. The second-order valence-corrected chi connectivity index (χ2v) is 3.41. The van der Waals surface area contributed by atoms with Gasteiger partial charge in [-0.15, -0.1) is 0 Å². The summed E-state index contributed by atoms with van der Waals surface area (Å²) in [6, 6.07) is 0. The Balaban J connectivity index is 3.14. The summed E-state index contributed by atoms with van der Waals surface area (Å²) >= 11 is 1.87. The van der Waals surface area contributed by atoms with Crippen LogP contribution in [0.15, 0.2) is 4.79 Å². The van der Waals surface area contributed by atoms with Gasteiger partial charge in [0, 0.05) is 0 Å². The molecule has 0 fully saturated rings. The number of hydrogen-bond acceptors (Lipinski definition) is 3.